The molecule has 9 nitrogen and oxygen atoms in total. The number of aryl methyl sites for hydroxylation is 1. The number of carbonyl (C=O) groups excluding carboxylic acids is 1. The number of hydrogen-bond acceptors (Lipinski definition) is 7. The van der Waals surface area contributed by atoms with E-state index in [2.05, 4.69) is 15.1 Å². The fourth-order valence-electron chi connectivity index (χ4n) is 3.04. The Morgan fingerprint density at radius 2 is 1.97 bits per heavy atom. The van der Waals surface area contributed by atoms with Crippen LogP contribution in [0.5, 0.6) is 0 Å². The fourth-order valence-corrected chi connectivity index (χ4v) is 3.04. The number of aliphatic carboxylic acids is 1. The van der Waals surface area contributed by atoms with Crippen LogP contribution >= 0.6 is 0 Å². The van der Waals surface area contributed by atoms with Crippen LogP contribution in [0.25, 0.3) is 0 Å². The Morgan fingerprint density at radius 3 is 2.47 bits per heavy atom. The minimum Gasteiger partial charge on any atom is -0.475 e. The van der Waals surface area contributed by atoms with Gasteiger partial charge in [0.1, 0.15) is 12.2 Å². The Hall–Kier alpha value is -2.47. The summed E-state index contributed by atoms with van der Waals surface area (Å²) < 4.78 is 43.5. The summed E-state index contributed by atoms with van der Waals surface area (Å²) in [6.45, 7) is 4.34. The molecular weight excluding hydrogens is 409 g/mol. The third-order valence-corrected chi connectivity index (χ3v) is 4.70. The molecule has 1 aromatic heterocycles. The number of likely N-dealkylation sites (N-methyl/N-ethyl adjacent to an activating group) is 1. The lowest BCUT2D eigenvalue weighted by molar-refractivity contribution is -0.192. The van der Waals surface area contributed by atoms with E-state index in [-0.39, 0.29) is 24.2 Å². The van der Waals surface area contributed by atoms with Crippen LogP contribution in [-0.2, 0) is 19.1 Å². The lowest BCUT2D eigenvalue weighted by atomic mass is 9.84. The highest BCUT2D eigenvalue weighted by Crippen LogP contribution is 2.37. The Kier molecular flexibility index (Phi) is 7.59. The van der Waals surface area contributed by atoms with Crippen LogP contribution in [0.15, 0.2) is 12.1 Å². The molecule has 1 atom stereocenters. The zero-order chi connectivity index (χ0) is 22.5. The number of aromatic nitrogens is 2. The maximum absolute atomic E-state index is 11.6. The van der Waals surface area contributed by atoms with Crippen molar-refractivity contribution < 1.29 is 37.3 Å². The van der Waals surface area contributed by atoms with Gasteiger partial charge in [-0.25, -0.2) is 4.79 Å². The topological polar surface area (TPSA) is 105 Å². The van der Waals surface area contributed by atoms with E-state index in [1.807, 2.05) is 19.1 Å². The second-order valence-electron chi connectivity index (χ2n) is 7.44. The van der Waals surface area contributed by atoms with Crippen LogP contribution in [0.1, 0.15) is 18.5 Å². The molecule has 2 aliphatic rings. The van der Waals surface area contributed by atoms with Gasteiger partial charge in [0.25, 0.3) is 0 Å². The van der Waals surface area contributed by atoms with Crippen LogP contribution in [0.3, 0.4) is 0 Å². The fraction of sp³-hybridized carbons (Fsp3) is 0.667. The number of carboxylic acid groups (broad SMARTS) is 1. The van der Waals surface area contributed by atoms with Gasteiger partial charge in [-0.15, -0.1) is 5.10 Å². The first kappa shape index (κ1) is 23.8. The van der Waals surface area contributed by atoms with Crippen molar-refractivity contribution in [2.75, 3.05) is 45.3 Å². The van der Waals surface area contributed by atoms with Gasteiger partial charge in [-0.1, -0.05) is 0 Å². The number of anilines is 1. The number of amides is 1. The van der Waals surface area contributed by atoms with Crippen molar-refractivity contribution in [2.24, 2.45) is 0 Å². The third-order valence-electron chi connectivity index (χ3n) is 4.70. The first-order chi connectivity index (χ1) is 13.9. The predicted octanol–water partition coefficient (Wildman–Crippen LogP) is 1.26. The Balaban J connectivity index is 0.000000396. The molecule has 12 heteroatoms. The van der Waals surface area contributed by atoms with E-state index < -0.39 is 12.1 Å². The summed E-state index contributed by atoms with van der Waals surface area (Å²) >= 11 is 0. The average Bonchev–Trinajstić information content (AvgIpc) is 2.64. The average molecular weight is 434 g/mol. The largest absolute Gasteiger partial charge is 0.490 e. The molecular formula is C18H25F3N4O5. The second kappa shape index (κ2) is 9.56. The molecule has 0 saturated carbocycles. The molecule has 2 saturated heterocycles. The van der Waals surface area contributed by atoms with Gasteiger partial charge in [0.2, 0.25) is 5.91 Å². The van der Waals surface area contributed by atoms with Crippen molar-refractivity contribution in [3.8, 4) is 0 Å². The summed E-state index contributed by atoms with van der Waals surface area (Å²) in [5.74, 6) is -1.88. The lowest BCUT2D eigenvalue weighted by Crippen LogP contribution is -2.66. The monoisotopic (exact) mass is 434 g/mol. The summed E-state index contributed by atoms with van der Waals surface area (Å²) in [6.07, 6.45) is -3.34. The highest BCUT2D eigenvalue weighted by molar-refractivity contribution is 5.76. The smallest absolute Gasteiger partial charge is 0.475 e. The molecule has 1 aromatic rings. The van der Waals surface area contributed by atoms with E-state index in [9.17, 15) is 18.0 Å². The van der Waals surface area contributed by atoms with E-state index in [0.717, 1.165) is 37.4 Å². The molecule has 1 unspecified atom stereocenters. The first-order valence-electron chi connectivity index (χ1n) is 9.23. The van der Waals surface area contributed by atoms with Gasteiger partial charge in [0, 0.05) is 27.1 Å². The molecule has 1 N–H and O–H groups in total. The molecule has 3 heterocycles. The molecule has 0 aromatic carbocycles. The van der Waals surface area contributed by atoms with E-state index >= 15 is 0 Å². The van der Waals surface area contributed by atoms with Gasteiger partial charge in [-0.3, -0.25) is 4.79 Å². The van der Waals surface area contributed by atoms with Crippen LogP contribution in [0.2, 0.25) is 0 Å². The summed E-state index contributed by atoms with van der Waals surface area (Å²) in [6, 6.07) is 3.95. The number of carboxylic acids is 1. The number of ether oxygens (including phenoxy) is 2. The van der Waals surface area contributed by atoms with Crippen LogP contribution < -0.4 is 4.90 Å². The summed E-state index contributed by atoms with van der Waals surface area (Å²) in [5, 5.41) is 15.4. The van der Waals surface area contributed by atoms with Crippen molar-refractivity contribution in [3.05, 3.63) is 17.8 Å². The lowest BCUT2D eigenvalue weighted by Gasteiger charge is -2.53. The Bertz CT molecular complexity index is 736. The van der Waals surface area contributed by atoms with Gasteiger partial charge in [-0.2, -0.15) is 18.3 Å². The number of nitrogens with zero attached hydrogens (tertiary/aromatic N) is 4. The standard InChI is InChI=1S/C16H24N4O3.C2HF3O2/c1-12-4-5-14(18-17-12)20-10-16(11-20)8-13(6-7-23-16)22-9-15(21)19(2)3;3-2(4,5)1(6)7/h4-5,13H,6-11H2,1-3H3;(H,6,7). The summed E-state index contributed by atoms with van der Waals surface area (Å²) in [4.78, 5) is 24.3. The molecule has 1 amide bonds. The third kappa shape index (κ3) is 6.52. The Morgan fingerprint density at radius 1 is 1.33 bits per heavy atom. The molecule has 1 spiro atoms. The summed E-state index contributed by atoms with van der Waals surface area (Å²) in [5.41, 5.74) is 0.744. The second-order valence-corrected chi connectivity index (χ2v) is 7.44. The first-order valence-corrected chi connectivity index (χ1v) is 9.23. The van der Waals surface area contributed by atoms with Gasteiger partial charge < -0.3 is 24.4 Å². The predicted molar refractivity (Wildman–Crippen MR) is 99.0 cm³/mol. The normalized spacial score (nSPS) is 20.1. The quantitative estimate of drug-likeness (QED) is 0.755. The number of carbonyl (C=O) groups is 2. The van der Waals surface area contributed by atoms with Crippen LogP contribution in [0.4, 0.5) is 19.0 Å². The molecule has 0 radical (unpaired) electrons. The minimum absolute atomic E-state index is 0.00397. The zero-order valence-corrected chi connectivity index (χ0v) is 17.0. The minimum atomic E-state index is -5.08. The van der Waals surface area contributed by atoms with Gasteiger partial charge >= 0.3 is 12.1 Å². The number of alkyl halides is 3. The van der Waals surface area contributed by atoms with Gasteiger partial charge in [0.15, 0.2) is 5.82 Å². The van der Waals surface area contributed by atoms with Gasteiger partial charge in [0.05, 0.1) is 24.9 Å². The van der Waals surface area contributed by atoms with Crippen molar-refractivity contribution in [1.29, 1.82) is 0 Å². The SMILES string of the molecule is Cc1ccc(N2CC3(CC(OCC(=O)N(C)C)CCO3)C2)nn1.O=C(O)C(F)(F)F. The van der Waals surface area contributed by atoms with Gasteiger partial charge in [-0.05, 0) is 25.5 Å². The molecule has 30 heavy (non-hydrogen) atoms. The van der Waals surface area contributed by atoms with Crippen molar-refractivity contribution in [2.45, 2.75) is 37.6 Å². The Labute approximate surface area is 171 Å². The van der Waals surface area contributed by atoms with Crippen LogP contribution in [-0.4, -0.2) is 90.4 Å². The van der Waals surface area contributed by atoms with Crippen molar-refractivity contribution in [3.63, 3.8) is 0 Å². The molecule has 3 rings (SSSR count). The number of halogens is 3. The van der Waals surface area contributed by atoms with Crippen molar-refractivity contribution in [1.82, 2.24) is 15.1 Å². The maximum Gasteiger partial charge on any atom is 0.490 e. The maximum atomic E-state index is 11.6. The molecule has 2 aliphatic heterocycles. The summed E-state index contributed by atoms with van der Waals surface area (Å²) in [7, 11) is 3.48. The highest BCUT2D eigenvalue weighted by Gasteiger charge is 2.48. The van der Waals surface area contributed by atoms with E-state index in [0.29, 0.717) is 6.61 Å². The number of hydrogen-bond donors (Lipinski definition) is 1. The van der Waals surface area contributed by atoms with E-state index in [1.54, 1.807) is 19.0 Å². The molecule has 2 fully saturated rings. The zero-order valence-electron chi connectivity index (χ0n) is 17.0. The highest BCUT2D eigenvalue weighted by atomic mass is 19.4. The van der Waals surface area contributed by atoms with E-state index in [4.69, 9.17) is 19.4 Å². The molecule has 0 aliphatic carbocycles. The van der Waals surface area contributed by atoms with E-state index in [1.165, 1.54) is 0 Å². The molecule has 0 bridgehead atoms. The number of rotatable bonds is 4. The molecule has 168 valence electrons. The van der Waals surface area contributed by atoms with Crippen LogP contribution in [0, 0.1) is 6.92 Å². The van der Waals surface area contributed by atoms with Crippen molar-refractivity contribution >= 4 is 17.7 Å².